The van der Waals surface area contributed by atoms with Gasteiger partial charge in [0.2, 0.25) is 0 Å². The molecule has 2 aromatic heterocycles. The van der Waals surface area contributed by atoms with E-state index in [1.54, 1.807) is 0 Å². The lowest BCUT2D eigenvalue weighted by Crippen LogP contribution is -1.99. The van der Waals surface area contributed by atoms with Gasteiger partial charge in [0, 0.05) is 30.9 Å². The summed E-state index contributed by atoms with van der Waals surface area (Å²) in [5.41, 5.74) is 1.15. The van der Waals surface area contributed by atoms with E-state index in [9.17, 15) is 0 Å². The van der Waals surface area contributed by atoms with Crippen LogP contribution in [0, 0.1) is 6.92 Å². The average Bonchev–Trinajstić information content (AvgIpc) is 2.85. The zero-order valence-electron chi connectivity index (χ0n) is 9.60. The molecule has 16 heavy (non-hydrogen) atoms. The highest BCUT2D eigenvalue weighted by Crippen LogP contribution is 2.09. The minimum atomic E-state index is 0.718. The first-order valence-corrected chi connectivity index (χ1v) is 5.46. The van der Waals surface area contributed by atoms with Gasteiger partial charge in [-0.15, -0.1) is 0 Å². The Morgan fingerprint density at radius 2 is 2.38 bits per heavy atom. The molecule has 0 fully saturated rings. The molecule has 2 rings (SSSR count). The van der Waals surface area contributed by atoms with Crippen LogP contribution in [0.25, 0.3) is 0 Å². The number of aromatic nitrogens is 3. The van der Waals surface area contributed by atoms with Crippen LogP contribution in [-0.4, -0.2) is 14.9 Å². The van der Waals surface area contributed by atoms with Crippen molar-refractivity contribution in [2.75, 3.05) is 5.32 Å². The smallest absolute Gasteiger partial charge is 0.169 e. The van der Waals surface area contributed by atoms with Crippen molar-refractivity contribution >= 4 is 5.82 Å². The lowest BCUT2D eigenvalue weighted by Gasteiger charge is -1.98. The Hall–Kier alpha value is -1.78. The zero-order chi connectivity index (χ0) is 11.4. The molecule has 0 saturated carbocycles. The van der Waals surface area contributed by atoms with E-state index in [0.29, 0.717) is 0 Å². The maximum atomic E-state index is 4.96. The predicted molar refractivity (Wildman–Crippen MR) is 61.1 cm³/mol. The van der Waals surface area contributed by atoms with E-state index in [4.69, 9.17) is 4.52 Å². The van der Waals surface area contributed by atoms with E-state index in [1.165, 1.54) is 0 Å². The molecule has 0 saturated heterocycles. The van der Waals surface area contributed by atoms with E-state index in [2.05, 4.69) is 22.5 Å². The first-order valence-electron chi connectivity index (χ1n) is 5.46. The van der Waals surface area contributed by atoms with Crippen molar-refractivity contribution in [3.05, 3.63) is 29.8 Å². The van der Waals surface area contributed by atoms with E-state index < -0.39 is 0 Å². The highest BCUT2D eigenvalue weighted by atomic mass is 16.5. The summed E-state index contributed by atoms with van der Waals surface area (Å²) >= 11 is 0. The van der Waals surface area contributed by atoms with Crippen LogP contribution in [0.1, 0.15) is 24.7 Å². The largest absolute Gasteiger partial charge is 0.363 e. The van der Waals surface area contributed by atoms with Gasteiger partial charge in [-0.05, 0) is 13.3 Å². The molecular weight excluding hydrogens is 204 g/mol. The van der Waals surface area contributed by atoms with Gasteiger partial charge in [0.05, 0.1) is 6.20 Å². The Bertz CT molecular complexity index is 446. The molecule has 1 N–H and O–H groups in total. The van der Waals surface area contributed by atoms with Gasteiger partial charge in [0.15, 0.2) is 5.82 Å². The van der Waals surface area contributed by atoms with E-state index >= 15 is 0 Å². The molecule has 0 amide bonds. The first-order chi connectivity index (χ1) is 7.78. The molecule has 0 radical (unpaired) electrons. The van der Waals surface area contributed by atoms with Crippen molar-refractivity contribution < 1.29 is 4.52 Å². The molecule has 0 aromatic carbocycles. The maximum Gasteiger partial charge on any atom is 0.169 e. The minimum absolute atomic E-state index is 0.718. The standard InChI is InChI=1S/C11H16N4O/c1-3-4-15-8-10(7-13-15)6-12-11-5-9(2)16-14-11/h5,7-8H,3-4,6H2,1-2H3,(H,12,14). The summed E-state index contributed by atoms with van der Waals surface area (Å²) < 4.78 is 6.91. The summed E-state index contributed by atoms with van der Waals surface area (Å²) in [6, 6.07) is 1.87. The molecule has 0 atom stereocenters. The summed E-state index contributed by atoms with van der Waals surface area (Å²) in [5, 5.41) is 11.3. The van der Waals surface area contributed by atoms with Crippen LogP contribution in [0.3, 0.4) is 0 Å². The van der Waals surface area contributed by atoms with Crippen molar-refractivity contribution in [1.82, 2.24) is 14.9 Å². The molecule has 0 aliphatic heterocycles. The van der Waals surface area contributed by atoms with Crippen LogP contribution in [0.2, 0.25) is 0 Å². The van der Waals surface area contributed by atoms with Gasteiger partial charge >= 0.3 is 0 Å². The Labute approximate surface area is 94.4 Å². The molecule has 0 aliphatic carbocycles. The lowest BCUT2D eigenvalue weighted by molar-refractivity contribution is 0.399. The van der Waals surface area contributed by atoms with E-state index in [0.717, 1.165) is 36.7 Å². The second-order valence-electron chi connectivity index (χ2n) is 3.79. The van der Waals surface area contributed by atoms with Crippen LogP contribution < -0.4 is 5.32 Å². The SMILES string of the molecule is CCCn1cc(CNc2cc(C)on2)cn1. The topological polar surface area (TPSA) is 55.9 Å². The average molecular weight is 220 g/mol. The lowest BCUT2D eigenvalue weighted by atomic mass is 10.3. The van der Waals surface area contributed by atoms with Crippen LogP contribution in [-0.2, 0) is 13.1 Å². The van der Waals surface area contributed by atoms with Crippen molar-refractivity contribution in [2.24, 2.45) is 0 Å². The van der Waals surface area contributed by atoms with Crippen LogP contribution in [0.15, 0.2) is 23.0 Å². The second-order valence-corrected chi connectivity index (χ2v) is 3.79. The van der Waals surface area contributed by atoms with Crippen molar-refractivity contribution in [3.8, 4) is 0 Å². The Morgan fingerprint density at radius 3 is 3.06 bits per heavy atom. The predicted octanol–water partition coefficient (Wildman–Crippen LogP) is 2.20. The summed E-state index contributed by atoms with van der Waals surface area (Å²) in [6.07, 6.45) is 5.01. The van der Waals surface area contributed by atoms with E-state index in [1.807, 2.05) is 30.1 Å². The second kappa shape index (κ2) is 4.83. The number of hydrogen-bond donors (Lipinski definition) is 1. The monoisotopic (exact) mass is 220 g/mol. The number of rotatable bonds is 5. The van der Waals surface area contributed by atoms with Crippen LogP contribution >= 0.6 is 0 Å². The van der Waals surface area contributed by atoms with Gasteiger partial charge in [-0.1, -0.05) is 12.1 Å². The molecule has 2 heterocycles. The number of nitrogens with zero attached hydrogens (tertiary/aromatic N) is 3. The Kier molecular flexibility index (Phi) is 3.24. The number of aryl methyl sites for hydroxylation is 2. The summed E-state index contributed by atoms with van der Waals surface area (Å²) in [4.78, 5) is 0. The summed E-state index contributed by atoms with van der Waals surface area (Å²) in [5.74, 6) is 1.57. The number of hydrogen-bond acceptors (Lipinski definition) is 4. The highest BCUT2D eigenvalue weighted by Gasteiger charge is 2.01. The number of anilines is 1. The third-order valence-corrected chi connectivity index (χ3v) is 2.24. The molecule has 5 heteroatoms. The molecular formula is C11H16N4O. The van der Waals surface area contributed by atoms with Gasteiger partial charge < -0.3 is 9.84 Å². The van der Waals surface area contributed by atoms with Crippen LogP contribution in [0.5, 0.6) is 0 Å². The third-order valence-electron chi connectivity index (χ3n) is 2.24. The summed E-state index contributed by atoms with van der Waals surface area (Å²) in [6.45, 7) is 5.69. The fourth-order valence-corrected chi connectivity index (χ4v) is 1.49. The maximum absolute atomic E-state index is 4.96. The molecule has 0 bridgehead atoms. The minimum Gasteiger partial charge on any atom is -0.363 e. The molecule has 0 aliphatic rings. The highest BCUT2D eigenvalue weighted by molar-refractivity contribution is 5.34. The number of nitrogens with one attached hydrogen (secondary N) is 1. The van der Waals surface area contributed by atoms with Crippen LogP contribution in [0.4, 0.5) is 5.82 Å². The molecule has 86 valence electrons. The molecule has 5 nitrogen and oxygen atoms in total. The van der Waals surface area contributed by atoms with Gasteiger partial charge in [-0.3, -0.25) is 4.68 Å². The van der Waals surface area contributed by atoms with Crippen molar-refractivity contribution in [3.63, 3.8) is 0 Å². The molecule has 2 aromatic rings. The van der Waals surface area contributed by atoms with Gasteiger partial charge in [0.1, 0.15) is 5.76 Å². The third kappa shape index (κ3) is 2.62. The fourth-order valence-electron chi connectivity index (χ4n) is 1.49. The van der Waals surface area contributed by atoms with Gasteiger partial charge in [0.25, 0.3) is 0 Å². The molecule has 0 spiro atoms. The van der Waals surface area contributed by atoms with Crippen molar-refractivity contribution in [2.45, 2.75) is 33.4 Å². The Morgan fingerprint density at radius 1 is 1.50 bits per heavy atom. The molecule has 0 unspecified atom stereocenters. The Balaban J connectivity index is 1.89. The first kappa shape index (κ1) is 10.7. The summed E-state index contributed by atoms with van der Waals surface area (Å²) in [7, 11) is 0. The fraction of sp³-hybridized carbons (Fsp3) is 0.455. The van der Waals surface area contributed by atoms with E-state index in [-0.39, 0.29) is 0 Å². The zero-order valence-corrected chi connectivity index (χ0v) is 9.60. The quantitative estimate of drug-likeness (QED) is 0.839. The van der Waals surface area contributed by atoms with Gasteiger partial charge in [-0.2, -0.15) is 5.10 Å². The van der Waals surface area contributed by atoms with Gasteiger partial charge in [-0.25, -0.2) is 0 Å². The van der Waals surface area contributed by atoms with Crippen molar-refractivity contribution in [1.29, 1.82) is 0 Å². The normalized spacial score (nSPS) is 10.6.